The van der Waals surface area contributed by atoms with E-state index in [2.05, 4.69) is 58.9 Å². The molecule has 0 aromatic rings. The summed E-state index contributed by atoms with van der Waals surface area (Å²) in [6.45, 7) is 7.10. The Morgan fingerprint density at radius 3 is 0.901 bits per heavy atom. The molecule has 91 heavy (non-hydrogen) atoms. The van der Waals surface area contributed by atoms with E-state index in [4.69, 9.17) is 37.0 Å². The van der Waals surface area contributed by atoms with Gasteiger partial charge in [-0.3, -0.25) is 37.3 Å². The Morgan fingerprint density at radius 2 is 0.593 bits per heavy atom. The predicted molar refractivity (Wildman–Crippen MR) is 368 cm³/mol. The Kier molecular flexibility index (Phi) is 63.1. The molecule has 0 rings (SSSR count). The van der Waals surface area contributed by atoms with Gasteiger partial charge in [-0.15, -0.1) is 0 Å². The van der Waals surface area contributed by atoms with E-state index in [9.17, 15) is 43.2 Å². The third-order valence-electron chi connectivity index (χ3n) is 16.2. The van der Waals surface area contributed by atoms with E-state index in [1.807, 2.05) is 0 Å². The highest BCUT2D eigenvalue weighted by Crippen LogP contribution is 2.45. The Balaban J connectivity index is 5.25. The quantitative estimate of drug-likeness (QED) is 0.0169. The summed E-state index contributed by atoms with van der Waals surface area (Å²) in [6.07, 6.45) is 55.1. The zero-order chi connectivity index (χ0) is 67.0. The van der Waals surface area contributed by atoms with Crippen LogP contribution in [-0.4, -0.2) is 96.7 Å². The normalized spacial score (nSPS) is 14.2. The number of hydrogen-bond acceptors (Lipinski definition) is 15. The SMILES string of the molecule is CCCCCC/C=C\C=C/CCCCCCCC(=O)OC[C@H](COP(=O)(O)OC[C@@H](O)COP(=O)(O)OC[C@@H](COC(=O)CCCCCCCCC(C)C)OC(=O)CCCCCCCCCCCC)OC(=O)CCCCCCCCCCCCCCCCCCC. The molecule has 0 aliphatic heterocycles. The molecule has 0 fully saturated rings. The Morgan fingerprint density at radius 1 is 0.341 bits per heavy atom. The van der Waals surface area contributed by atoms with Crippen molar-refractivity contribution in [2.75, 3.05) is 39.6 Å². The van der Waals surface area contributed by atoms with E-state index >= 15 is 0 Å². The average Bonchev–Trinajstić information content (AvgIpc) is 2.78. The summed E-state index contributed by atoms with van der Waals surface area (Å²) in [5.41, 5.74) is 0. The minimum Gasteiger partial charge on any atom is -0.462 e. The van der Waals surface area contributed by atoms with E-state index in [1.165, 1.54) is 148 Å². The molecule has 2 unspecified atom stereocenters. The van der Waals surface area contributed by atoms with Gasteiger partial charge in [0, 0.05) is 25.7 Å². The maximum absolute atomic E-state index is 13.0. The first kappa shape index (κ1) is 88.5. The van der Waals surface area contributed by atoms with Crippen LogP contribution in [0.5, 0.6) is 0 Å². The van der Waals surface area contributed by atoms with Gasteiger partial charge in [-0.1, -0.05) is 296 Å². The van der Waals surface area contributed by atoms with Crippen LogP contribution in [0.1, 0.15) is 349 Å². The molecule has 0 aliphatic carbocycles. The van der Waals surface area contributed by atoms with Gasteiger partial charge in [0.05, 0.1) is 26.4 Å². The topological polar surface area (TPSA) is 237 Å². The van der Waals surface area contributed by atoms with Gasteiger partial charge in [0.2, 0.25) is 0 Å². The molecule has 0 aliphatic rings. The summed E-state index contributed by atoms with van der Waals surface area (Å²) in [6, 6.07) is 0. The number of unbranched alkanes of at least 4 members (excludes halogenated alkanes) is 39. The number of phosphoric ester groups is 2. The molecule has 0 radical (unpaired) electrons. The second-order valence-electron chi connectivity index (χ2n) is 25.8. The van der Waals surface area contributed by atoms with Gasteiger partial charge < -0.3 is 33.8 Å². The molecule has 0 aromatic heterocycles. The lowest BCUT2D eigenvalue weighted by Gasteiger charge is -2.21. The van der Waals surface area contributed by atoms with Crippen LogP contribution >= 0.6 is 15.6 Å². The van der Waals surface area contributed by atoms with Crippen molar-refractivity contribution >= 4 is 39.5 Å². The highest BCUT2D eigenvalue weighted by molar-refractivity contribution is 7.47. The van der Waals surface area contributed by atoms with Crippen LogP contribution in [0.15, 0.2) is 24.3 Å². The third-order valence-corrected chi connectivity index (χ3v) is 18.1. The number of esters is 4. The van der Waals surface area contributed by atoms with Gasteiger partial charge in [-0.05, 0) is 57.3 Å². The number of rotatable bonds is 70. The molecule has 5 atom stereocenters. The van der Waals surface area contributed by atoms with Crippen LogP contribution in [0.25, 0.3) is 0 Å². The molecule has 19 heteroatoms. The second-order valence-corrected chi connectivity index (χ2v) is 28.7. The lowest BCUT2D eigenvalue weighted by Crippen LogP contribution is -2.30. The Labute approximate surface area is 554 Å². The average molecular weight is 1340 g/mol. The maximum atomic E-state index is 13.0. The lowest BCUT2D eigenvalue weighted by molar-refractivity contribution is -0.161. The standard InChI is InChI=1S/C72H136O17P2/c1-6-9-12-15-18-21-24-26-28-29-31-33-35-38-41-48-53-58-72(77)88-67(61-82-69(74)55-50-45-39-37-34-32-30-27-25-22-19-16-13-10-7-2)63-86-90(78,79)84-59-66(73)60-85-91(80,81)87-64-68(62-83-70(75)56-51-46-43-42-44-49-54-65(4)5)89-71(76)57-52-47-40-36-23-20-17-14-11-8-3/h22,25,27,30,65-68,73H,6-21,23-24,26,28-29,31-64H2,1-5H3,(H,78,79)(H,80,81)/b25-22-,30-27-/t66-,67-,68-/m1/s1. The minimum atomic E-state index is -4.96. The molecule has 17 nitrogen and oxygen atoms in total. The van der Waals surface area contributed by atoms with Crippen LogP contribution in [0.3, 0.4) is 0 Å². The largest absolute Gasteiger partial charge is 0.472 e. The number of carbonyl (C=O) groups excluding carboxylic acids is 4. The van der Waals surface area contributed by atoms with E-state index in [0.717, 1.165) is 116 Å². The van der Waals surface area contributed by atoms with Crippen LogP contribution in [0, 0.1) is 5.92 Å². The smallest absolute Gasteiger partial charge is 0.462 e. The summed E-state index contributed by atoms with van der Waals surface area (Å²) in [4.78, 5) is 72.5. The summed E-state index contributed by atoms with van der Waals surface area (Å²) < 4.78 is 68.2. The van der Waals surface area contributed by atoms with Crippen LogP contribution < -0.4 is 0 Å². The molecule has 0 bridgehead atoms. The first-order chi connectivity index (χ1) is 44.0. The molecule has 536 valence electrons. The van der Waals surface area contributed by atoms with Crippen LogP contribution in [0.4, 0.5) is 0 Å². The predicted octanol–water partition coefficient (Wildman–Crippen LogP) is 20.5. The zero-order valence-corrected chi connectivity index (χ0v) is 60.3. The van der Waals surface area contributed by atoms with Crippen molar-refractivity contribution in [1.82, 2.24) is 0 Å². The maximum Gasteiger partial charge on any atom is 0.472 e. The molecule has 0 saturated carbocycles. The van der Waals surface area contributed by atoms with Gasteiger partial charge in [0.1, 0.15) is 19.3 Å². The lowest BCUT2D eigenvalue weighted by atomic mass is 10.0. The number of hydrogen-bond donors (Lipinski definition) is 3. The second kappa shape index (κ2) is 64.9. The zero-order valence-electron chi connectivity index (χ0n) is 58.5. The number of allylic oxidation sites excluding steroid dienone is 4. The molecule has 0 spiro atoms. The third kappa shape index (κ3) is 66.0. The van der Waals surface area contributed by atoms with Crippen molar-refractivity contribution in [3.63, 3.8) is 0 Å². The van der Waals surface area contributed by atoms with Crippen molar-refractivity contribution < 1.29 is 80.2 Å². The fourth-order valence-corrected chi connectivity index (χ4v) is 12.0. The van der Waals surface area contributed by atoms with Crippen molar-refractivity contribution in [2.45, 2.75) is 368 Å². The number of aliphatic hydroxyl groups excluding tert-OH is 1. The van der Waals surface area contributed by atoms with Crippen LogP contribution in [-0.2, 0) is 65.4 Å². The van der Waals surface area contributed by atoms with Crippen molar-refractivity contribution in [3.05, 3.63) is 24.3 Å². The molecule has 0 aromatic carbocycles. The van der Waals surface area contributed by atoms with E-state index < -0.39 is 97.5 Å². The molecule has 0 saturated heterocycles. The minimum absolute atomic E-state index is 0.101. The number of phosphoric acid groups is 2. The van der Waals surface area contributed by atoms with Crippen molar-refractivity contribution in [3.8, 4) is 0 Å². The highest BCUT2D eigenvalue weighted by atomic mass is 31.2. The number of ether oxygens (including phenoxy) is 4. The summed E-state index contributed by atoms with van der Waals surface area (Å²) in [7, 11) is -9.91. The fraction of sp³-hybridized carbons (Fsp3) is 0.889. The van der Waals surface area contributed by atoms with Gasteiger partial charge in [0.25, 0.3) is 0 Å². The van der Waals surface area contributed by atoms with E-state index in [0.29, 0.717) is 31.6 Å². The van der Waals surface area contributed by atoms with Crippen molar-refractivity contribution in [1.29, 1.82) is 0 Å². The Bertz CT molecular complexity index is 1850. The van der Waals surface area contributed by atoms with Gasteiger partial charge >= 0.3 is 39.5 Å². The first-order valence-electron chi connectivity index (χ1n) is 37.0. The molecule has 0 amide bonds. The Hall–Kier alpha value is -2.46. The fourth-order valence-electron chi connectivity index (χ4n) is 10.5. The summed E-state index contributed by atoms with van der Waals surface area (Å²) in [5, 5.41) is 10.6. The number of aliphatic hydroxyl groups is 1. The van der Waals surface area contributed by atoms with Gasteiger partial charge in [-0.25, -0.2) is 9.13 Å². The van der Waals surface area contributed by atoms with Gasteiger partial charge in [0.15, 0.2) is 12.2 Å². The summed E-state index contributed by atoms with van der Waals surface area (Å²) in [5.74, 6) is -1.47. The highest BCUT2D eigenvalue weighted by Gasteiger charge is 2.30. The first-order valence-corrected chi connectivity index (χ1v) is 39.9. The molecule has 3 N–H and O–H groups in total. The molecular formula is C72H136O17P2. The molecular weight excluding hydrogens is 1200 g/mol. The molecule has 0 heterocycles. The van der Waals surface area contributed by atoms with Crippen molar-refractivity contribution in [2.24, 2.45) is 5.92 Å². The van der Waals surface area contributed by atoms with E-state index in [-0.39, 0.29) is 25.7 Å². The van der Waals surface area contributed by atoms with E-state index in [1.54, 1.807) is 0 Å². The monoisotopic (exact) mass is 1330 g/mol. The van der Waals surface area contributed by atoms with Crippen LogP contribution in [0.2, 0.25) is 0 Å². The summed E-state index contributed by atoms with van der Waals surface area (Å²) >= 11 is 0. The number of carbonyl (C=O) groups is 4. The van der Waals surface area contributed by atoms with Gasteiger partial charge in [-0.2, -0.15) is 0 Å².